The Morgan fingerprint density at radius 1 is 1.03 bits per heavy atom. The van der Waals surface area contributed by atoms with E-state index in [4.69, 9.17) is 9.47 Å². The van der Waals surface area contributed by atoms with E-state index in [1.165, 1.54) is 18.7 Å². The number of aliphatic hydroxyl groups is 1. The summed E-state index contributed by atoms with van der Waals surface area (Å²) in [6.07, 6.45) is -0.219. The molecule has 0 radical (unpaired) electrons. The summed E-state index contributed by atoms with van der Waals surface area (Å²) in [5, 5.41) is 13.9. The third kappa shape index (κ3) is 7.13. The number of aryl methyl sites for hydroxylation is 1. The summed E-state index contributed by atoms with van der Waals surface area (Å²) in [6.45, 7) is 8.74. The van der Waals surface area contributed by atoms with Crippen molar-refractivity contribution in [3.63, 3.8) is 0 Å². The van der Waals surface area contributed by atoms with Gasteiger partial charge in [0.25, 0.3) is 0 Å². The van der Waals surface area contributed by atoms with Crippen molar-refractivity contribution in [3.05, 3.63) is 89.2 Å². The van der Waals surface area contributed by atoms with E-state index in [0.29, 0.717) is 13.0 Å². The molecule has 0 amide bonds. The second-order valence-electron chi connectivity index (χ2n) is 9.50. The molecular formula is C29H36FNO3. The topological polar surface area (TPSA) is 50.7 Å². The summed E-state index contributed by atoms with van der Waals surface area (Å²) in [4.78, 5) is 0. The van der Waals surface area contributed by atoms with E-state index in [1.807, 2.05) is 39.0 Å². The Morgan fingerprint density at radius 3 is 2.50 bits per heavy atom. The van der Waals surface area contributed by atoms with Crippen LogP contribution in [0.1, 0.15) is 43.6 Å². The SMILES string of the molecule is COc1ccc(CC(C)(C)NC[C@@H](O)COC(C)c2ccccc2-c2cccc(C)c2)cc1F. The van der Waals surface area contributed by atoms with Gasteiger partial charge in [-0.1, -0.05) is 60.2 Å². The molecule has 0 aliphatic rings. The average molecular weight is 466 g/mol. The fraction of sp³-hybridized carbons (Fsp3) is 0.379. The molecule has 0 aliphatic heterocycles. The van der Waals surface area contributed by atoms with Crippen molar-refractivity contribution in [2.24, 2.45) is 0 Å². The Morgan fingerprint density at radius 2 is 1.79 bits per heavy atom. The quantitative estimate of drug-likeness (QED) is 0.372. The van der Waals surface area contributed by atoms with Crippen LogP contribution in [0.2, 0.25) is 0 Å². The second-order valence-corrected chi connectivity index (χ2v) is 9.50. The summed E-state index contributed by atoms with van der Waals surface area (Å²) < 4.78 is 25.1. The molecule has 3 aromatic carbocycles. The van der Waals surface area contributed by atoms with Gasteiger partial charge in [-0.05, 0) is 68.5 Å². The largest absolute Gasteiger partial charge is 0.494 e. The molecule has 0 fully saturated rings. The van der Waals surface area contributed by atoms with Gasteiger partial charge in [0.2, 0.25) is 0 Å². The number of rotatable bonds is 11. The van der Waals surface area contributed by atoms with Crippen LogP contribution in [0, 0.1) is 12.7 Å². The number of hydrogen-bond donors (Lipinski definition) is 2. The fourth-order valence-electron chi connectivity index (χ4n) is 4.12. The minimum absolute atomic E-state index is 0.165. The molecule has 0 spiro atoms. The first-order valence-corrected chi connectivity index (χ1v) is 11.7. The van der Waals surface area contributed by atoms with Gasteiger partial charge >= 0.3 is 0 Å². The van der Waals surface area contributed by atoms with Crippen LogP contribution in [0.3, 0.4) is 0 Å². The van der Waals surface area contributed by atoms with Gasteiger partial charge in [-0.25, -0.2) is 4.39 Å². The molecule has 3 rings (SSSR count). The molecule has 0 heterocycles. The molecule has 1 unspecified atom stereocenters. The van der Waals surface area contributed by atoms with Crippen molar-refractivity contribution in [2.75, 3.05) is 20.3 Å². The van der Waals surface area contributed by atoms with Gasteiger partial charge in [0.1, 0.15) is 0 Å². The number of nitrogens with one attached hydrogen (secondary N) is 1. The summed E-state index contributed by atoms with van der Waals surface area (Å²) in [7, 11) is 1.45. The lowest BCUT2D eigenvalue weighted by molar-refractivity contribution is -0.00397. The lowest BCUT2D eigenvalue weighted by atomic mass is 9.94. The maximum atomic E-state index is 14.0. The Hall–Kier alpha value is -2.73. The van der Waals surface area contributed by atoms with Crippen molar-refractivity contribution in [1.82, 2.24) is 5.32 Å². The predicted octanol–water partition coefficient (Wildman–Crippen LogP) is 5.86. The summed E-state index contributed by atoms with van der Waals surface area (Å²) >= 11 is 0. The zero-order valence-corrected chi connectivity index (χ0v) is 20.8. The number of hydrogen-bond acceptors (Lipinski definition) is 4. The zero-order chi connectivity index (χ0) is 24.7. The van der Waals surface area contributed by atoms with E-state index >= 15 is 0 Å². The highest BCUT2D eigenvalue weighted by molar-refractivity contribution is 5.68. The van der Waals surface area contributed by atoms with Crippen LogP contribution < -0.4 is 10.1 Å². The van der Waals surface area contributed by atoms with Gasteiger partial charge in [0.05, 0.1) is 25.9 Å². The Bertz CT molecular complexity index is 1080. The van der Waals surface area contributed by atoms with Gasteiger partial charge in [-0.2, -0.15) is 0 Å². The molecule has 4 nitrogen and oxygen atoms in total. The standard InChI is InChI=1S/C29H36FNO3/c1-20-9-8-10-23(15-20)26-12-7-6-11-25(26)21(2)34-19-24(32)18-31-29(3,4)17-22-13-14-28(33-5)27(30)16-22/h6-16,21,24,31-32H,17-19H2,1-5H3/t21?,24-/m1/s1. The molecule has 0 saturated heterocycles. The maximum absolute atomic E-state index is 14.0. The lowest BCUT2D eigenvalue weighted by Crippen LogP contribution is -2.46. The summed E-state index contributed by atoms with van der Waals surface area (Å²) in [5.74, 6) is -0.135. The van der Waals surface area contributed by atoms with Crippen LogP contribution in [0.4, 0.5) is 4.39 Å². The highest BCUT2D eigenvalue weighted by Gasteiger charge is 2.21. The molecule has 182 valence electrons. The Balaban J connectivity index is 1.54. The first-order valence-electron chi connectivity index (χ1n) is 11.7. The van der Waals surface area contributed by atoms with Crippen LogP contribution in [0.25, 0.3) is 11.1 Å². The Kier molecular flexibility index (Phi) is 8.84. The zero-order valence-electron chi connectivity index (χ0n) is 20.8. The number of halogens is 1. The first kappa shape index (κ1) is 25.9. The van der Waals surface area contributed by atoms with E-state index in [9.17, 15) is 9.50 Å². The summed E-state index contributed by atoms with van der Waals surface area (Å²) in [5.41, 5.74) is 5.13. The molecule has 2 N–H and O–H groups in total. The minimum Gasteiger partial charge on any atom is -0.494 e. The Labute approximate surface area is 202 Å². The highest BCUT2D eigenvalue weighted by Crippen LogP contribution is 2.30. The molecule has 0 aromatic heterocycles. The lowest BCUT2D eigenvalue weighted by Gasteiger charge is -2.28. The van der Waals surface area contributed by atoms with Crippen molar-refractivity contribution in [1.29, 1.82) is 0 Å². The smallest absolute Gasteiger partial charge is 0.165 e. The normalized spacial score (nSPS) is 13.5. The molecule has 2 atom stereocenters. The van der Waals surface area contributed by atoms with Crippen molar-refractivity contribution in [2.45, 2.75) is 51.9 Å². The van der Waals surface area contributed by atoms with Crippen LogP contribution in [-0.2, 0) is 11.2 Å². The van der Waals surface area contributed by atoms with E-state index in [-0.39, 0.29) is 29.8 Å². The van der Waals surface area contributed by atoms with E-state index in [1.54, 1.807) is 6.07 Å². The van der Waals surface area contributed by atoms with Crippen LogP contribution in [0.15, 0.2) is 66.7 Å². The second kappa shape index (κ2) is 11.6. The van der Waals surface area contributed by atoms with Crippen molar-refractivity contribution in [3.8, 4) is 16.9 Å². The number of ether oxygens (including phenoxy) is 2. The molecule has 5 heteroatoms. The van der Waals surface area contributed by atoms with Gasteiger partial charge in [0.15, 0.2) is 11.6 Å². The van der Waals surface area contributed by atoms with E-state index in [2.05, 4.69) is 48.6 Å². The number of aliphatic hydroxyl groups excluding tert-OH is 1. The number of β-amino-alcohol motifs (C(OH)–C–C–N with tert-alkyl or cyclic N) is 1. The minimum atomic E-state index is -0.666. The van der Waals surface area contributed by atoms with Gasteiger partial charge in [-0.3, -0.25) is 0 Å². The summed E-state index contributed by atoms with van der Waals surface area (Å²) in [6, 6.07) is 21.6. The highest BCUT2D eigenvalue weighted by atomic mass is 19.1. The fourth-order valence-corrected chi connectivity index (χ4v) is 4.12. The number of benzene rings is 3. The molecule has 3 aromatic rings. The van der Waals surface area contributed by atoms with E-state index < -0.39 is 6.10 Å². The van der Waals surface area contributed by atoms with Crippen LogP contribution >= 0.6 is 0 Å². The van der Waals surface area contributed by atoms with Gasteiger partial charge < -0.3 is 19.9 Å². The molecule has 0 aliphatic carbocycles. The van der Waals surface area contributed by atoms with Crippen LogP contribution in [-0.4, -0.2) is 37.0 Å². The molecule has 0 saturated carbocycles. The van der Waals surface area contributed by atoms with Gasteiger partial charge in [-0.15, -0.1) is 0 Å². The molecular weight excluding hydrogens is 429 g/mol. The predicted molar refractivity (Wildman–Crippen MR) is 136 cm³/mol. The monoisotopic (exact) mass is 465 g/mol. The first-order chi connectivity index (χ1) is 16.2. The maximum Gasteiger partial charge on any atom is 0.165 e. The van der Waals surface area contributed by atoms with E-state index in [0.717, 1.165) is 22.3 Å². The third-order valence-electron chi connectivity index (χ3n) is 5.94. The average Bonchev–Trinajstić information content (AvgIpc) is 2.81. The van der Waals surface area contributed by atoms with Crippen molar-refractivity contribution < 1.29 is 19.0 Å². The van der Waals surface area contributed by atoms with Gasteiger partial charge in [0, 0.05) is 12.1 Å². The molecule has 0 bridgehead atoms. The number of methoxy groups -OCH3 is 1. The molecule has 34 heavy (non-hydrogen) atoms. The third-order valence-corrected chi connectivity index (χ3v) is 5.94. The van der Waals surface area contributed by atoms with Crippen LogP contribution in [0.5, 0.6) is 5.75 Å². The van der Waals surface area contributed by atoms with Crippen molar-refractivity contribution >= 4 is 0 Å².